The Labute approximate surface area is 476 Å². The van der Waals surface area contributed by atoms with Gasteiger partial charge in [0.15, 0.2) is 12.4 Å². The molecule has 11 N–H and O–H groups in total. The van der Waals surface area contributed by atoms with E-state index in [2.05, 4.69) is 50.9 Å². The smallest absolute Gasteiger partial charge is 0.373 e. The lowest BCUT2D eigenvalue weighted by Crippen LogP contribution is -2.41. The fourth-order valence-electron chi connectivity index (χ4n) is 6.07. The number of aliphatic carboxylic acids is 1. The molecule has 0 radical (unpaired) electrons. The van der Waals surface area contributed by atoms with Gasteiger partial charge in [0.2, 0.25) is 5.91 Å². The van der Waals surface area contributed by atoms with Gasteiger partial charge in [-0.05, 0) is 106 Å². The number of ether oxygens (including phenoxy) is 7. The third-order valence-corrected chi connectivity index (χ3v) is 10.3. The summed E-state index contributed by atoms with van der Waals surface area (Å²) >= 11 is 0. The molecule has 2 aromatic carbocycles. The van der Waals surface area contributed by atoms with Crippen LogP contribution >= 0.6 is 0 Å². The Morgan fingerprint density at radius 3 is 1.60 bits per heavy atom. The number of carbonyl (C=O) groups is 6. The molecule has 0 spiro atoms. The highest BCUT2D eigenvalue weighted by Gasteiger charge is 2.24. The van der Waals surface area contributed by atoms with Gasteiger partial charge in [0.1, 0.15) is 24.1 Å². The number of carboxylic acids is 1. The highest BCUT2D eigenvalue weighted by Crippen LogP contribution is 2.14. The molecule has 0 aliphatic heterocycles. The van der Waals surface area contributed by atoms with Gasteiger partial charge in [-0.1, -0.05) is 84.8 Å². The maximum absolute atomic E-state index is 11.7. The Morgan fingerprint density at radius 1 is 0.675 bits per heavy atom. The molecule has 24 nitrogen and oxygen atoms in total. The number of nitrogens with one attached hydrogen (secondary N) is 4. The number of hydrogen-bond donors (Lipinski definition) is 8. The van der Waals surface area contributed by atoms with Crippen molar-refractivity contribution >= 4 is 35.3 Å². The number of ketones is 2. The quantitative estimate of drug-likeness (QED) is 0.0114. The number of azide groups is 1. The molecule has 2 aromatic rings. The van der Waals surface area contributed by atoms with Gasteiger partial charge in [-0.15, -0.1) is 0 Å². The second-order valence-electron chi connectivity index (χ2n) is 17.5. The number of esters is 1. The minimum Gasteiger partial charge on any atom is -0.486 e. The van der Waals surface area contributed by atoms with Crippen molar-refractivity contribution in [2.75, 3.05) is 121 Å². The van der Waals surface area contributed by atoms with Crippen LogP contribution in [0.25, 0.3) is 10.4 Å². The van der Waals surface area contributed by atoms with Crippen LogP contribution in [-0.4, -0.2) is 179 Å². The van der Waals surface area contributed by atoms with E-state index in [4.69, 9.17) is 55.3 Å². The summed E-state index contributed by atoms with van der Waals surface area (Å²) in [5, 5.41) is 22.5. The summed E-state index contributed by atoms with van der Waals surface area (Å²) in [6, 6.07) is 14.0. The third-order valence-electron chi connectivity index (χ3n) is 10.3. The average molecular weight is 1140 g/mol. The number of rotatable bonds is 39. The number of nitrogens with zero attached hydrogens (tertiary/aromatic N) is 3. The third kappa shape index (κ3) is 49.3. The normalized spacial score (nSPS) is 11.2. The van der Waals surface area contributed by atoms with Crippen LogP contribution in [0.1, 0.15) is 98.6 Å². The van der Waals surface area contributed by atoms with E-state index in [1.165, 1.54) is 25.2 Å². The average Bonchev–Trinajstić information content (AvgIpc) is 3.47. The molecule has 0 aromatic heterocycles. The first-order valence-corrected chi connectivity index (χ1v) is 27.5. The summed E-state index contributed by atoms with van der Waals surface area (Å²) in [4.78, 5) is 70.0. The number of carboxylic acid groups (broad SMARTS) is 1. The highest BCUT2D eigenvalue weighted by molar-refractivity contribution is 6.34. The van der Waals surface area contributed by atoms with Crippen LogP contribution in [0.5, 0.6) is 11.5 Å². The van der Waals surface area contributed by atoms with Gasteiger partial charge >= 0.3 is 11.9 Å². The Bertz CT molecular complexity index is 1890. The molecule has 460 valence electrons. The molecule has 2 amide bonds. The van der Waals surface area contributed by atoms with Crippen molar-refractivity contribution in [2.45, 2.75) is 118 Å². The summed E-state index contributed by atoms with van der Waals surface area (Å²) in [6.07, 6.45) is 4.67. The molecular formula is C56H102N10O14. The summed E-state index contributed by atoms with van der Waals surface area (Å²) in [7, 11) is 6.34. The zero-order chi connectivity index (χ0) is 61.4. The van der Waals surface area contributed by atoms with Gasteiger partial charge in [0, 0.05) is 51.0 Å². The molecule has 0 bridgehead atoms. The molecule has 3 atom stereocenters. The standard InChI is InChI=1S/C17H25N3O4.C16H26N2O4.C12H25N3O3.C8H15NO3.C2H6.CH5N/c1-2-15-5-7-17(8-6-15)24-14-16(21)4-3-10-22-12-13-23-11-9-19-20-18;1-2-14-3-5-15(6-4-14)22-13-16(19)18-8-10-21-12-11-20-9-7-17;1-8(2)7-10(14-3)12(17)18-6-5-9(13)11(16)15-4;1-5(2)4-6(9-3)7(10)8(11)12;2*1-2/h5-8H,2-4,9-14H2,1H3;3-6H,2,7-13,17H2,1H3,(H,18,19);8-10,14H,5-7,13H2,1-4H3,(H,15,16);5-6,9H,4H2,1-3H3,(H,11,12);1-2H3;2H2,1H3/t;;9-,10-;6-;;/m..00../s1. The number of likely N-dealkylation sites (N-methyl/N-ethyl adjacent to an activating group) is 3. The second kappa shape index (κ2) is 57.9. The maximum Gasteiger partial charge on any atom is 0.373 e. The number of hydrogen-bond acceptors (Lipinski definition) is 19. The fraction of sp³-hybridized carbons (Fsp3) is 0.679. The van der Waals surface area contributed by atoms with Crippen molar-refractivity contribution in [3.8, 4) is 11.5 Å². The molecular weight excluding hydrogens is 1040 g/mol. The number of Topliss-reactive ketones (excluding diaryl/α,β-unsaturated/α-hetero) is 2. The van der Waals surface area contributed by atoms with Gasteiger partial charge < -0.3 is 76.7 Å². The summed E-state index contributed by atoms with van der Waals surface area (Å²) in [5.74, 6) is -0.648. The topological polar surface area (TPSA) is 362 Å². The first-order valence-electron chi connectivity index (χ1n) is 27.5. The van der Waals surface area contributed by atoms with Crippen molar-refractivity contribution in [3.63, 3.8) is 0 Å². The van der Waals surface area contributed by atoms with E-state index >= 15 is 0 Å². The molecule has 0 aliphatic rings. The van der Waals surface area contributed by atoms with Crippen molar-refractivity contribution < 1.29 is 67.0 Å². The Morgan fingerprint density at radius 2 is 1.15 bits per heavy atom. The van der Waals surface area contributed by atoms with Crippen molar-refractivity contribution in [1.29, 1.82) is 0 Å². The minimum absolute atomic E-state index is 0.00504. The highest BCUT2D eigenvalue weighted by atomic mass is 16.5. The zero-order valence-corrected chi connectivity index (χ0v) is 50.2. The monoisotopic (exact) mass is 1140 g/mol. The number of amides is 2. The number of carbonyl (C=O) groups excluding carboxylic acids is 5. The predicted molar refractivity (Wildman–Crippen MR) is 313 cm³/mol. The van der Waals surface area contributed by atoms with Crippen LogP contribution in [-0.2, 0) is 65.3 Å². The van der Waals surface area contributed by atoms with Gasteiger partial charge in [-0.3, -0.25) is 24.0 Å². The van der Waals surface area contributed by atoms with Crippen molar-refractivity contribution in [1.82, 2.24) is 21.3 Å². The van der Waals surface area contributed by atoms with Gasteiger partial charge in [0.25, 0.3) is 11.7 Å². The predicted octanol–water partition coefficient (Wildman–Crippen LogP) is 4.56. The van der Waals surface area contributed by atoms with E-state index < -0.39 is 23.8 Å². The SMILES string of the molecule is CC.CCc1ccc(OCC(=O)CCCOCCOCCN=[N+]=[N-])cc1.CCc1ccc(OCC(=O)NCCOCCOCCN)cc1.CN.CNC(=O)[C@@H](N)CCOC(=O)[C@H](CC(C)C)NC.CN[C@@H](CC(C)C)C(=O)C(=O)O. The van der Waals surface area contributed by atoms with Gasteiger partial charge in [-0.2, -0.15) is 0 Å². The molecule has 0 unspecified atom stereocenters. The number of benzene rings is 2. The first kappa shape index (κ1) is 80.7. The van der Waals surface area contributed by atoms with E-state index in [1.54, 1.807) is 14.1 Å². The van der Waals surface area contributed by atoms with Crippen molar-refractivity contribution in [3.05, 3.63) is 70.1 Å². The lowest BCUT2D eigenvalue weighted by Gasteiger charge is -2.17. The van der Waals surface area contributed by atoms with E-state index in [1.807, 2.05) is 90.1 Å². The lowest BCUT2D eigenvalue weighted by atomic mass is 10.0. The van der Waals surface area contributed by atoms with Crippen LogP contribution < -0.4 is 47.9 Å². The van der Waals surface area contributed by atoms with E-state index in [0.29, 0.717) is 116 Å². The van der Waals surface area contributed by atoms with Crippen LogP contribution in [0, 0.1) is 11.8 Å². The van der Waals surface area contributed by atoms with E-state index in [0.717, 1.165) is 25.0 Å². The Balaban J connectivity index is -0.000000482. The van der Waals surface area contributed by atoms with Crippen LogP contribution in [0.2, 0.25) is 0 Å². The summed E-state index contributed by atoms with van der Waals surface area (Å²) in [5.41, 5.74) is 25.9. The van der Waals surface area contributed by atoms with E-state index in [9.17, 15) is 28.8 Å². The molecule has 0 heterocycles. The van der Waals surface area contributed by atoms with Crippen LogP contribution in [0.15, 0.2) is 53.6 Å². The second-order valence-corrected chi connectivity index (χ2v) is 17.5. The Hall–Kier alpha value is -5.79. The molecule has 80 heavy (non-hydrogen) atoms. The largest absolute Gasteiger partial charge is 0.486 e. The number of aryl methyl sites for hydroxylation is 2. The van der Waals surface area contributed by atoms with Crippen molar-refractivity contribution in [2.24, 2.45) is 34.2 Å². The Kier molecular flexibility index (Phi) is 58.4. The zero-order valence-electron chi connectivity index (χ0n) is 50.2. The maximum atomic E-state index is 11.7. The lowest BCUT2D eigenvalue weighted by molar-refractivity contribution is -0.150. The minimum atomic E-state index is -1.37. The molecule has 0 fully saturated rings. The van der Waals surface area contributed by atoms with Crippen LogP contribution in [0.3, 0.4) is 0 Å². The molecule has 24 heteroatoms. The van der Waals surface area contributed by atoms with Gasteiger partial charge in [0.05, 0.1) is 64.9 Å². The van der Waals surface area contributed by atoms with Gasteiger partial charge in [-0.25, -0.2) is 4.79 Å². The van der Waals surface area contributed by atoms with Crippen LogP contribution in [0.4, 0.5) is 0 Å². The van der Waals surface area contributed by atoms with E-state index in [-0.39, 0.29) is 49.4 Å². The molecule has 0 aliphatic carbocycles. The molecule has 0 saturated carbocycles. The summed E-state index contributed by atoms with van der Waals surface area (Å²) in [6.45, 7) is 21.5. The fourth-order valence-corrected chi connectivity index (χ4v) is 6.07. The number of nitrogens with two attached hydrogens (primary N) is 3. The molecule has 0 saturated heterocycles. The first-order chi connectivity index (χ1) is 38.4. The summed E-state index contributed by atoms with van der Waals surface area (Å²) < 4.78 is 37.0. The molecule has 2 rings (SSSR count).